The van der Waals surface area contributed by atoms with Gasteiger partial charge < -0.3 is 11.1 Å². The van der Waals surface area contributed by atoms with Crippen LogP contribution in [0.3, 0.4) is 0 Å². The van der Waals surface area contributed by atoms with Crippen LogP contribution in [0.4, 0.5) is 10.1 Å². The van der Waals surface area contributed by atoms with E-state index in [-0.39, 0.29) is 10.2 Å². The summed E-state index contributed by atoms with van der Waals surface area (Å²) < 4.78 is 14.8. The van der Waals surface area contributed by atoms with Crippen LogP contribution in [0.25, 0.3) is 0 Å². The Kier molecular flexibility index (Phi) is 4.23. The second-order valence-corrected chi connectivity index (χ2v) is 4.59. The van der Waals surface area contributed by atoms with Crippen molar-refractivity contribution in [3.63, 3.8) is 0 Å². The highest BCUT2D eigenvalue weighted by molar-refractivity contribution is 9.10. The summed E-state index contributed by atoms with van der Waals surface area (Å²) in [5.41, 5.74) is 6.01. The molecule has 2 rings (SSSR count). The predicted octanol–water partition coefficient (Wildman–Crippen LogP) is 1.39. The van der Waals surface area contributed by atoms with Crippen LogP contribution in [0.2, 0.25) is 0 Å². The monoisotopic (exact) mass is 327 g/mol. The lowest BCUT2D eigenvalue weighted by Crippen LogP contribution is -2.13. The van der Waals surface area contributed by atoms with E-state index in [0.717, 1.165) is 0 Å². The minimum Gasteiger partial charge on any atom is -0.329 e. The Hall–Kier alpha value is -1.80. The van der Waals surface area contributed by atoms with Gasteiger partial charge in [-0.3, -0.25) is 9.48 Å². The number of hydrogen-bond acceptors (Lipinski definition) is 4. The Morgan fingerprint density at radius 1 is 1.53 bits per heavy atom. The van der Waals surface area contributed by atoms with Crippen LogP contribution in [0.5, 0.6) is 0 Å². The Morgan fingerprint density at radius 3 is 3.00 bits per heavy atom. The molecule has 0 spiro atoms. The Morgan fingerprint density at radius 2 is 2.32 bits per heavy atom. The van der Waals surface area contributed by atoms with Crippen molar-refractivity contribution in [2.75, 3.05) is 11.9 Å². The lowest BCUT2D eigenvalue weighted by molar-refractivity contribution is 0.102. The fourth-order valence-electron chi connectivity index (χ4n) is 1.41. The normalized spacial score (nSPS) is 10.5. The van der Waals surface area contributed by atoms with E-state index in [4.69, 9.17) is 5.73 Å². The number of carbonyl (C=O) groups excluding carboxylic acids is 1. The van der Waals surface area contributed by atoms with Crippen molar-refractivity contribution in [2.24, 2.45) is 5.73 Å². The van der Waals surface area contributed by atoms with Crippen molar-refractivity contribution in [1.82, 2.24) is 15.0 Å². The van der Waals surface area contributed by atoms with Crippen molar-refractivity contribution < 1.29 is 9.18 Å². The molecular formula is C11H11BrFN5O. The third kappa shape index (κ3) is 3.36. The first kappa shape index (κ1) is 13.6. The second-order valence-electron chi connectivity index (χ2n) is 3.74. The van der Waals surface area contributed by atoms with Crippen LogP contribution < -0.4 is 11.1 Å². The molecule has 0 atom stereocenters. The highest BCUT2D eigenvalue weighted by atomic mass is 79.9. The summed E-state index contributed by atoms with van der Waals surface area (Å²) >= 11 is 3.04. The van der Waals surface area contributed by atoms with Gasteiger partial charge in [0.2, 0.25) is 0 Å². The maximum Gasteiger partial charge on any atom is 0.277 e. The van der Waals surface area contributed by atoms with Crippen LogP contribution in [-0.4, -0.2) is 27.4 Å². The SMILES string of the molecule is NCCn1cc(C(=O)Nc2ccc(F)c(Br)c2)nn1. The highest BCUT2D eigenvalue weighted by Gasteiger charge is 2.11. The zero-order valence-corrected chi connectivity index (χ0v) is 11.4. The van der Waals surface area contributed by atoms with E-state index in [1.165, 1.54) is 29.1 Å². The number of nitrogens with two attached hydrogens (primary N) is 1. The number of halogens is 2. The van der Waals surface area contributed by atoms with Gasteiger partial charge >= 0.3 is 0 Å². The van der Waals surface area contributed by atoms with Crippen molar-refractivity contribution in [2.45, 2.75) is 6.54 Å². The minimum atomic E-state index is -0.415. The first-order valence-electron chi connectivity index (χ1n) is 5.47. The van der Waals surface area contributed by atoms with E-state index in [0.29, 0.717) is 18.8 Å². The largest absolute Gasteiger partial charge is 0.329 e. The molecule has 1 amide bonds. The molecule has 0 aliphatic rings. The molecule has 6 nitrogen and oxygen atoms in total. The number of aromatic nitrogens is 3. The number of nitrogens with one attached hydrogen (secondary N) is 1. The molecule has 1 aromatic carbocycles. The predicted molar refractivity (Wildman–Crippen MR) is 71.1 cm³/mol. The Bertz CT molecular complexity index is 601. The molecule has 1 heterocycles. The molecule has 1 aromatic heterocycles. The number of nitrogens with zero attached hydrogens (tertiary/aromatic N) is 3. The van der Waals surface area contributed by atoms with E-state index in [1.54, 1.807) is 0 Å². The van der Waals surface area contributed by atoms with E-state index in [9.17, 15) is 9.18 Å². The number of carbonyl (C=O) groups is 1. The topological polar surface area (TPSA) is 85.8 Å². The third-order valence-corrected chi connectivity index (χ3v) is 2.91. The minimum absolute atomic E-state index is 0.175. The molecule has 19 heavy (non-hydrogen) atoms. The van der Waals surface area contributed by atoms with Crippen LogP contribution in [0, 0.1) is 5.82 Å². The molecule has 0 unspecified atom stereocenters. The molecule has 8 heteroatoms. The molecule has 0 saturated carbocycles. The van der Waals surface area contributed by atoms with Gasteiger partial charge in [0.1, 0.15) is 5.82 Å². The van der Waals surface area contributed by atoms with Gasteiger partial charge in [0.05, 0.1) is 17.2 Å². The second kappa shape index (κ2) is 5.89. The summed E-state index contributed by atoms with van der Waals surface area (Å²) in [5.74, 6) is -0.811. The molecule has 3 N–H and O–H groups in total. The first-order valence-corrected chi connectivity index (χ1v) is 6.26. The highest BCUT2D eigenvalue weighted by Crippen LogP contribution is 2.20. The van der Waals surface area contributed by atoms with Crippen molar-refractivity contribution >= 4 is 27.5 Å². The average molecular weight is 328 g/mol. The molecule has 2 aromatic rings. The van der Waals surface area contributed by atoms with Gasteiger partial charge in [-0.05, 0) is 34.1 Å². The van der Waals surface area contributed by atoms with Gasteiger partial charge in [0.15, 0.2) is 5.69 Å². The summed E-state index contributed by atoms with van der Waals surface area (Å²) in [7, 11) is 0. The number of hydrogen-bond donors (Lipinski definition) is 2. The van der Waals surface area contributed by atoms with Crippen LogP contribution in [-0.2, 0) is 6.54 Å². The quantitative estimate of drug-likeness (QED) is 0.888. The number of anilines is 1. The lowest BCUT2D eigenvalue weighted by atomic mass is 10.3. The molecule has 100 valence electrons. The molecule has 0 bridgehead atoms. The molecular weight excluding hydrogens is 317 g/mol. The number of rotatable bonds is 4. The number of benzene rings is 1. The molecule has 0 saturated heterocycles. The fraction of sp³-hybridized carbons (Fsp3) is 0.182. The van der Waals surface area contributed by atoms with Crippen molar-refractivity contribution in [3.8, 4) is 0 Å². The van der Waals surface area contributed by atoms with E-state index in [2.05, 4.69) is 31.6 Å². The van der Waals surface area contributed by atoms with Crippen LogP contribution in [0.15, 0.2) is 28.9 Å². The Balaban J connectivity index is 2.09. The van der Waals surface area contributed by atoms with Crippen molar-refractivity contribution in [3.05, 3.63) is 40.4 Å². The van der Waals surface area contributed by atoms with Gasteiger partial charge in [0.25, 0.3) is 5.91 Å². The Labute approximate surface area is 116 Å². The zero-order chi connectivity index (χ0) is 13.8. The van der Waals surface area contributed by atoms with E-state index < -0.39 is 11.7 Å². The first-order chi connectivity index (χ1) is 9.10. The van der Waals surface area contributed by atoms with Gasteiger partial charge in [-0.2, -0.15) is 0 Å². The summed E-state index contributed by atoms with van der Waals surface area (Å²) in [4.78, 5) is 11.9. The van der Waals surface area contributed by atoms with Gasteiger partial charge in [0, 0.05) is 12.2 Å². The van der Waals surface area contributed by atoms with Crippen molar-refractivity contribution in [1.29, 1.82) is 0 Å². The summed E-state index contributed by atoms with van der Waals surface area (Å²) in [6, 6.07) is 4.19. The van der Waals surface area contributed by atoms with Crippen LogP contribution in [0.1, 0.15) is 10.5 Å². The summed E-state index contributed by atoms with van der Waals surface area (Å²) in [6.45, 7) is 0.901. The van der Waals surface area contributed by atoms with E-state index in [1.807, 2.05) is 0 Å². The number of amides is 1. The zero-order valence-electron chi connectivity index (χ0n) is 9.81. The summed E-state index contributed by atoms with van der Waals surface area (Å²) in [5, 5.41) is 10.1. The fourth-order valence-corrected chi connectivity index (χ4v) is 1.79. The van der Waals surface area contributed by atoms with Crippen LogP contribution >= 0.6 is 15.9 Å². The average Bonchev–Trinajstić information content (AvgIpc) is 2.83. The van der Waals surface area contributed by atoms with Gasteiger partial charge in [-0.1, -0.05) is 5.21 Å². The molecule has 0 fully saturated rings. The lowest BCUT2D eigenvalue weighted by Gasteiger charge is -2.03. The maximum atomic E-state index is 13.1. The third-order valence-electron chi connectivity index (χ3n) is 2.31. The molecule has 0 aliphatic carbocycles. The molecule has 0 aliphatic heterocycles. The standard InChI is InChI=1S/C11H11BrFN5O/c12-8-5-7(1-2-9(8)13)15-11(19)10-6-18(4-3-14)17-16-10/h1-2,5-6H,3-4,14H2,(H,15,19). The smallest absolute Gasteiger partial charge is 0.277 e. The summed E-state index contributed by atoms with van der Waals surface area (Å²) in [6.07, 6.45) is 1.50. The maximum absolute atomic E-state index is 13.1. The van der Waals surface area contributed by atoms with E-state index >= 15 is 0 Å². The molecule has 0 radical (unpaired) electrons. The van der Waals surface area contributed by atoms with Gasteiger partial charge in [-0.15, -0.1) is 5.10 Å². The van der Waals surface area contributed by atoms with Gasteiger partial charge in [-0.25, -0.2) is 4.39 Å².